The van der Waals surface area contributed by atoms with Crippen LogP contribution in [0.15, 0.2) is 65.8 Å². The van der Waals surface area contributed by atoms with Gasteiger partial charge < -0.3 is 14.2 Å². The first kappa shape index (κ1) is 23.4. The van der Waals surface area contributed by atoms with Crippen LogP contribution in [-0.4, -0.2) is 25.8 Å². The normalized spacial score (nSPS) is 10.8. The summed E-state index contributed by atoms with van der Waals surface area (Å²) in [5.74, 6) is 1.56. The fourth-order valence-corrected chi connectivity index (χ4v) is 3.23. The molecule has 6 nitrogen and oxygen atoms in total. The lowest BCUT2D eigenvalue weighted by molar-refractivity contribution is 0.0955. The third-order valence-electron chi connectivity index (χ3n) is 4.41. The second-order valence-electron chi connectivity index (χ2n) is 6.58. The molecule has 3 aromatic carbocycles. The maximum atomic E-state index is 12.4. The molecular weight excluding hydrogens is 451 g/mol. The second kappa shape index (κ2) is 11.4. The Kier molecular flexibility index (Phi) is 8.36. The van der Waals surface area contributed by atoms with E-state index in [0.29, 0.717) is 45.0 Å². The zero-order valence-corrected chi connectivity index (χ0v) is 19.1. The lowest BCUT2D eigenvalue weighted by Gasteiger charge is -2.09. The van der Waals surface area contributed by atoms with E-state index >= 15 is 0 Å². The van der Waals surface area contributed by atoms with Crippen molar-refractivity contribution in [3.05, 3.63) is 87.4 Å². The number of ether oxygens (including phenoxy) is 3. The summed E-state index contributed by atoms with van der Waals surface area (Å²) in [4.78, 5) is 12.4. The SMILES string of the molecule is CCOc1ccc(OC)cc1/C=N/NC(=O)c1ccc(OCc2ccc(Cl)cc2Cl)cc1. The minimum atomic E-state index is -0.352. The number of nitrogens with zero attached hydrogens (tertiary/aromatic N) is 1. The van der Waals surface area contributed by atoms with Gasteiger partial charge in [0, 0.05) is 26.7 Å². The average molecular weight is 473 g/mol. The van der Waals surface area contributed by atoms with Crippen molar-refractivity contribution in [1.82, 2.24) is 5.43 Å². The minimum Gasteiger partial charge on any atom is -0.497 e. The van der Waals surface area contributed by atoms with Gasteiger partial charge >= 0.3 is 0 Å². The average Bonchev–Trinajstić information content (AvgIpc) is 2.80. The highest BCUT2D eigenvalue weighted by Gasteiger charge is 2.07. The lowest BCUT2D eigenvalue weighted by Crippen LogP contribution is -2.17. The first-order chi connectivity index (χ1) is 15.5. The van der Waals surface area contributed by atoms with Crippen molar-refractivity contribution < 1.29 is 19.0 Å². The Hall–Kier alpha value is -3.22. The Morgan fingerprint density at radius 1 is 1.00 bits per heavy atom. The first-order valence-corrected chi connectivity index (χ1v) is 10.6. The van der Waals surface area contributed by atoms with Crippen LogP contribution in [0.25, 0.3) is 0 Å². The Morgan fingerprint density at radius 2 is 1.75 bits per heavy atom. The number of nitrogens with one attached hydrogen (secondary N) is 1. The Bertz CT molecular complexity index is 1100. The number of carbonyl (C=O) groups is 1. The molecular formula is C24H22Cl2N2O4. The third-order valence-corrected chi connectivity index (χ3v) is 5.00. The number of rotatable bonds is 9. The lowest BCUT2D eigenvalue weighted by atomic mass is 10.2. The second-order valence-corrected chi connectivity index (χ2v) is 7.43. The summed E-state index contributed by atoms with van der Waals surface area (Å²) in [6.45, 7) is 2.69. The minimum absolute atomic E-state index is 0.286. The number of hydrogen-bond donors (Lipinski definition) is 1. The highest BCUT2D eigenvalue weighted by atomic mass is 35.5. The maximum Gasteiger partial charge on any atom is 0.271 e. The zero-order chi connectivity index (χ0) is 22.9. The molecule has 0 atom stereocenters. The molecule has 1 N–H and O–H groups in total. The molecule has 0 saturated heterocycles. The van der Waals surface area contributed by atoms with Gasteiger partial charge in [-0.1, -0.05) is 29.3 Å². The maximum absolute atomic E-state index is 12.4. The van der Waals surface area contributed by atoms with Gasteiger partial charge in [-0.2, -0.15) is 5.10 Å². The quantitative estimate of drug-likeness (QED) is 0.318. The molecule has 0 heterocycles. The molecule has 166 valence electrons. The molecule has 0 radical (unpaired) electrons. The predicted octanol–water partition coefficient (Wildman–Crippen LogP) is 5.74. The third kappa shape index (κ3) is 6.39. The Morgan fingerprint density at radius 3 is 2.44 bits per heavy atom. The van der Waals surface area contributed by atoms with Gasteiger partial charge in [0.2, 0.25) is 0 Å². The van der Waals surface area contributed by atoms with Crippen molar-refractivity contribution in [1.29, 1.82) is 0 Å². The largest absolute Gasteiger partial charge is 0.497 e. The Balaban J connectivity index is 1.59. The number of amides is 1. The zero-order valence-electron chi connectivity index (χ0n) is 17.6. The number of hydrazone groups is 1. The van der Waals surface area contributed by atoms with E-state index in [9.17, 15) is 4.79 Å². The van der Waals surface area contributed by atoms with Gasteiger partial charge in [-0.25, -0.2) is 5.43 Å². The summed E-state index contributed by atoms with van der Waals surface area (Å²) in [6, 6.07) is 17.3. The van der Waals surface area contributed by atoms with Gasteiger partial charge in [0.05, 0.1) is 19.9 Å². The highest BCUT2D eigenvalue weighted by Crippen LogP contribution is 2.24. The molecule has 3 aromatic rings. The first-order valence-electron chi connectivity index (χ1n) is 9.81. The molecule has 0 saturated carbocycles. The molecule has 0 aliphatic rings. The summed E-state index contributed by atoms with van der Waals surface area (Å²) >= 11 is 12.1. The molecule has 0 unspecified atom stereocenters. The molecule has 0 fully saturated rings. The van der Waals surface area contributed by atoms with Crippen LogP contribution in [0.3, 0.4) is 0 Å². The molecule has 0 aliphatic carbocycles. The summed E-state index contributed by atoms with van der Waals surface area (Å²) in [7, 11) is 1.58. The van der Waals surface area contributed by atoms with E-state index in [1.54, 1.807) is 61.7 Å². The van der Waals surface area contributed by atoms with E-state index in [2.05, 4.69) is 10.5 Å². The van der Waals surface area contributed by atoms with Gasteiger partial charge in [-0.15, -0.1) is 0 Å². The highest BCUT2D eigenvalue weighted by molar-refractivity contribution is 6.35. The predicted molar refractivity (Wildman–Crippen MR) is 126 cm³/mol. The van der Waals surface area contributed by atoms with E-state index in [0.717, 1.165) is 5.56 Å². The van der Waals surface area contributed by atoms with Crippen molar-refractivity contribution in [3.63, 3.8) is 0 Å². The van der Waals surface area contributed by atoms with Crippen molar-refractivity contribution in [2.75, 3.05) is 13.7 Å². The number of hydrogen-bond acceptors (Lipinski definition) is 5. The van der Waals surface area contributed by atoms with Crippen LogP contribution >= 0.6 is 23.2 Å². The number of halogens is 2. The molecule has 0 aromatic heterocycles. The van der Waals surface area contributed by atoms with Crippen LogP contribution in [-0.2, 0) is 6.61 Å². The van der Waals surface area contributed by atoms with E-state index < -0.39 is 0 Å². The van der Waals surface area contributed by atoms with Gasteiger partial charge in [-0.3, -0.25) is 4.79 Å². The number of benzene rings is 3. The van der Waals surface area contributed by atoms with Crippen LogP contribution in [0.1, 0.15) is 28.4 Å². The number of methoxy groups -OCH3 is 1. The van der Waals surface area contributed by atoms with Crippen LogP contribution in [0.5, 0.6) is 17.2 Å². The van der Waals surface area contributed by atoms with Crippen molar-refractivity contribution >= 4 is 35.3 Å². The van der Waals surface area contributed by atoms with Crippen molar-refractivity contribution in [2.45, 2.75) is 13.5 Å². The summed E-state index contributed by atoms with van der Waals surface area (Å²) < 4.78 is 16.5. The summed E-state index contributed by atoms with van der Waals surface area (Å²) in [5, 5.41) is 5.14. The monoisotopic (exact) mass is 472 g/mol. The van der Waals surface area contributed by atoms with Crippen LogP contribution in [0.2, 0.25) is 10.0 Å². The molecule has 0 aliphatic heterocycles. The van der Waals surface area contributed by atoms with Crippen LogP contribution in [0, 0.1) is 0 Å². The van der Waals surface area contributed by atoms with E-state index in [1.165, 1.54) is 6.21 Å². The molecule has 0 bridgehead atoms. The fraction of sp³-hybridized carbons (Fsp3) is 0.167. The summed E-state index contributed by atoms with van der Waals surface area (Å²) in [5.41, 5.74) is 4.45. The smallest absolute Gasteiger partial charge is 0.271 e. The van der Waals surface area contributed by atoms with Gasteiger partial charge in [0.15, 0.2) is 0 Å². The molecule has 3 rings (SSSR count). The van der Waals surface area contributed by atoms with E-state index in [1.807, 2.05) is 13.0 Å². The van der Waals surface area contributed by atoms with Crippen molar-refractivity contribution in [2.24, 2.45) is 5.10 Å². The van der Waals surface area contributed by atoms with Gasteiger partial charge in [-0.05, 0) is 61.5 Å². The fourth-order valence-electron chi connectivity index (χ4n) is 2.77. The van der Waals surface area contributed by atoms with Crippen LogP contribution in [0.4, 0.5) is 0 Å². The Labute approximate surface area is 196 Å². The standard InChI is InChI=1S/C24H22Cl2N2O4/c1-3-31-23-11-10-21(30-2)12-18(23)14-27-28-24(29)16-5-8-20(9-6-16)32-15-17-4-7-19(25)13-22(17)26/h4-14H,3,15H2,1-2H3,(H,28,29)/b27-14+. The van der Waals surface area contributed by atoms with Crippen LogP contribution < -0.4 is 19.6 Å². The molecule has 1 amide bonds. The van der Waals surface area contributed by atoms with Gasteiger partial charge in [0.25, 0.3) is 5.91 Å². The topological polar surface area (TPSA) is 69.2 Å². The summed E-state index contributed by atoms with van der Waals surface area (Å²) in [6.07, 6.45) is 1.51. The van der Waals surface area contributed by atoms with Crippen molar-refractivity contribution in [3.8, 4) is 17.2 Å². The van der Waals surface area contributed by atoms with Gasteiger partial charge in [0.1, 0.15) is 23.9 Å². The number of carbonyl (C=O) groups excluding carboxylic acids is 1. The van der Waals surface area contributed by atoms with E-state index in [4.69, 9.17) is 37.4 Å². The van der Waals surface area contributed by atoms with E-state index in [-0.39, 0.29) is 12.5 Å². The molecule has 0 spiro atoms. The molecule has 32 heavy (non-hydrogen) atoms. The molecule has 8 heteroatoms.